The van der Waals surface area contributed by atoms with Gasteiger partial charge in [0.25, 0.3) is 5.91 Å². The van der Waals surface area contributed by atoms with E-state index in [9.17, 15) is 14.4 Å². The first-order chi connectivity index (χ1) is 12.3. The van der Waals surface area contributed by atoms with E-state index in [1.807, 2.05) is 0 Å². The number of benzene rings is 1. The molecule has 0 aromatic heterocycles. The third kappa shape index (κ3) is 3.59. The number of nitrogens with zero attached hydrogens (tertiary/aromatic N) is 1. The van der Waals surface area contributed by atoms with Crippen LogP contribution in [0.4, 0.5) is 16.2 Å². The second kappa shape index (κ2) is 7.32. The maximum Gasteiger partial charge on any atom is 0.325 e. The summed E-state index contributed by atoms with van der Waals surface area (Å²) in [5.41, 5.74) is 5.52. The Morgan fingerprint density at radius 2 is 1.81 bits per heavy atom. The van der Waals surface area contributed by atoms with Gasteiger partial charge < -0.3 is 16.4 Å². The van der Waals surface area contributed by atoms with Gasteiger partial charge in [-0.2, -0.15) is 0 Å². The molecule has 3 rings (SSSR count). The number of anilines is 2. The summed E-state index contributed by atoms with van der Waals surface area (Å²) < 4.78 is 0. The van der Waals surface area contributed by atoms with Crippen LogP contribution in [-0.4, -0.2) is 34.8 Å². The fourth-order valence-corrected chi connectivity index (χ4v) is 3.95. The fourth-order valence-electron chi connectivity index (χ4n) is 3.47. The average molecular weight is 399 g/mol. The van der Waals surface area contributed by atoms with Crippen molar-refractivity contribution in [3.63, 3.8) is 0 Å². The Morgan fingerprint density at radius 1 is 1.19 bits per heavy atom. The van der Waals surface area contributed by atoms with Crippen LogP contribution in [-0.2, 0) is 9.59 Å². The van der Waals surface area contributed by atoms with Crippen molar-refractivity contribution in [3.05, 3.63) is 22.2 Å². The summed E-state index contributed by atoms with van der Waals surface area (Å²) in [6.07, 6.45) is 4.19. The molecule has 9 heteroatoms. The number of halogens is 2. The van der Waals surface area contributed by atoms with Gasteiger partial charge in [-0.05, 0) is 25.0 Å². The number of nitrogen functional groups attached to an aromatic ring is 1. The first-order valence-corrected chi connectivity index (χ1v) is 9.26. The number of urea groups is 1. The van der Waals surface area contributed by atoms with Crippen LogP contribution < -0.4 is 16.4 Å². The maximum atomic E-state index is 12.7. The van der Waals surface area contributed by atoms with Crippen LogP contribution in [0.25, 0.3) is 0 Å². The molecule has 1 saturated carbocycles. The molecule has 1 aliphatic heterocycles. The number of carbonyl (C=O) groups is 3. The van der Waals surface area contributed by atoms with E-state index in [2.05, 4.69) is 10.6 Å². The van der Waals surface area contributed by atoms with Crippen molar-refractivity contribution in [1.82, 2.24) is 10.2 Å². The number of amides is 4. The summed E-state index contributed by atoms with van der Waals surface area (Å²) in [6, 6.07) is 2.56. The Labute approximate surface area is 161 Å². The summed E-state index contributed by atoms with van der Waals surface area (Å²) in [6.45, 7) is 0.0225. The van der Waals surface area contributed by atoms with E-state index in [-0.39, 0.29) is 40.5 Å². The summed E-state index contributed by atoms with van der Waals surface area (Å²) in [5, 5.41) is 5.94. The summed E-state index contributed by atoms with van der Waals surface area (Å²) in [5.74, 6) is -0.583. The van der Waals surface area contributed by atoms with Gasteiger partial charge in [0.2, 0.25) is 5.91 Å². The summed E-state index contributed by atoms with van der Waals surface area (Å²) in [7, 11) is 0. The number of nitrogens with one attached hydrogen (secondary N) is 2. The van der Waals surface area contributed by atoms with Crippen molar-refractivity contribution in [3.8, 4) is 0 Å². The zero-order valence-electron chi connectivity index (χ0n) is 14.1. The van der Waals surface area contributed by atoms with Crippen LogP contribution >= 0.6 is 23.2 Å². The highest BCUT2D eigenvalue weighted by Gasteiger charge is 2.51. The first kappa shape index (κ1) is 18.8. The highest BCUT2D eigenvalue weighted by molar-refractivity contribution is 6.39. The minimum atomic E-state index is -0.774. The van der Waals surface area contributed by atoms with Crippen molar-refractivity contribution < 1.29 is 14.4 Å². The molecule has 1 saturated heterocycles. The molecule has 0 unspecified atom stereocenters. The van der Waals surface area contributed by atoms with E-state index in [1.165, 1.54) is 12.1 Å². The van der Waals surface area contributed by atoms with E-state index in [4.69, 9.17) is 28.9 Å². The van der Waals surface area contributed by atoms with Crippen LogP contribution in [0.5, 0.6) is 0 Å². The molecular weight excluding hydrogens is 379 g/mol. The lowest BCUT2D eigenvalue weighted by Crippen LogP contribution is -2.48. The topological polar surface area (TPSA) is 105 Å². The molecular formula is C17H20Cl2N4O3. The normalized spacial score (nSPS) is 18.9. The van der Waals surface area contributed by atoms with Gasteiger partial charge in [-0.15, -0.1) is 0 Å². The SMILES string of the molecule is Nc1c(Cl)cc(NC(=O)CCN2C(=O)NC3(CCCCC3)C2=O)cc1Cl. The monoisotopic (exact) mass is 398 g/mol. The molecule has 1 aliphatic carbocycles. The van der Waals surface area contributed by atoms with Gasteiger partial charge >= 0.3 is 6.03 Å². The summed E-state index contributed by atoms with van der Waals surface area (Å²) >= 11 is 11.9. The van der Waals surface area contributed by atoms with Crippen LogP contribution in [0.3, 0.4) is 0 Å². The Morgan fingerprint density at radius 3 is 2.42 bits per heavy atom. The van der Waals surface area contributed by atoms with Crippen LogP contribution in [0.15, 0.2) is 12.1 Å². The van der Waals surface area contributed by atoms with Crippen LogP contribution in [0, 0.1) is 0 Å². The lowest BCUT2D eigenvalue weighted by Gasteiger charge is -2.30. The molecule has 4 N–H and O–H groups in total. The Bertz CT molecular complexity index is 739. The van der Waals surface area contributed by atoms with Gasteiger partial charge in [0, 0.05) is 18.7 Å². The highest BCUT2D eigenvalue weighted by Crippen LogP contribution is 2.34. The molecule has 2 aliphatic rings. The summed E-state index contributed by atoms with van der Waals surface area (Å²) in [4.78, 5) is 38.1. The van der Waals surface area contributed by atoms with Crippen molar-refractivity contribution in [2.75, 3.05) is 17.6 Å². The molecule has 1 aromatic rings. The van der Waals surface area contributed by atoms with Gasteiger partial charge in [0.05, 0.1) is 15.7 Å². The largest absolute Gasteiger partial charge is 0.396 e. The molecule has 1 aromatic carbocycles. The zero-order chi connectivity index (χ0) is 18.9. The molecule has 2 fully saturated rings. The van der Waals surface area contributed by atoms with Gasteiger partial charge in [-0.3, -0.25) is 14.5 Å². The minimum Gasteiger partial charge on any atom is -0.396 e. The minimum absolute atomic E-state index is 0.0190. The number of nitrogens with two attached hydrogens (primary N) is 1. The number of hydrogen-bond acceptors (Lipinski definition) is 4. The lowest BCUT2D eigenvalue weighted by atomic mass is 9.82. The smallest absolute Gasteiger partial charge is 0.325 e. The quantitative estimate of drug-likeness (QED) is 0.534. The number of imide groups is 1. The molecule has 0 radical (unpaired) electrons. The molecule has 4 amide bonds. The predicted octanol–water partition coefficient (Wildman–Crippen LogP) is 3.16. The Kier molecular flexibility index (Phi) is 5.29. The standard InChI is InChI=1S/C17H20Cl2N4O3/c18-11-8-10(9-12(19)14(11)20)21-13(24)4-7-23-15(25)17(22-16(23)26)5-2-1-3-6-17/h8-9H,1-7,20H2,(H,21,24)(H,22,26). The third-order valence-corrected chi connectivity index (χ3v) is 5.50. The van der Waals surface area contributed by atoms with Crippen molar-refractivity contribution in [2.45, 2.75) is 44.1 Å². The van der Waals surface area contributed by atoms with Gasteiger partial charge in [0.15, 0.2) is 0 Å². The molecule has 1 heterocycles. The molecule has 0 atom stereocenters. The molecule has 140 valence electrons. The van der Waals surface area contributed by atoms with E-state index in [1.54, 1.807) is 0 Å². The van der Waals surface area contributed by atoms with Gasteiger partial charge in [-0.25, -0.2) is 4.79 Å². The molecule has 1 spiro atoms. The lowest BCUT2D eigenvalue weighted by molar-refractivity contribution is -0.132. The van der Waals surface area contributed by atoms with E-state index in [0.717, 1.165) is 24.2 Å². The van der Waals surface area contributed by atoms with Gasteiger partial charge in [0.1, 0.15) is 5.54 Å². The first-order valence-electron chi connectivity index (χ1n) is 8.51. The van der Waals surface area contributed by atoms with E-state index in [0.29, 0.717) is 18.5 Å². The Hall–Kier alpha value is -1.99. The van der Waals surface area contributed by atoms with E-state index >= 15 is 0 Å². The Balaban J connectivity index is 1.59. The second-order valence-corrected chi connectivity index (χ2v) is 7.50. The van der Waals surface area contributed by atoms with Crippen molar-refractivity contribution in [2.24, 2.45) is 0 Å². The molecule has 7 nitrogen and oxygen atoms in total. The maximum absolute atomic E-state index is 12.7. The molecule has 0 bridgehead atoms. The van der Waals surface area contributed by atoms with Gasteiger partial charge in [-0.1, -0.05) is 42.5 Å². The number of rotatable bonds is 4. The highest BCUT2D eigenvalue weighted by atomic mass is 35.5. The number of hydrogen-bond donors (Lipinski definition) is 3. The average Bonchev–Trinajstić information content (AvgIpc) is 2.81. The van der Waals surface area contributed by atoms with E-state index < -0.39 is 11.6 Å². The van der Waals surface area contributed by atoms with Crippen molar-refractivity contribution in [1.29, 1.82) is 0 Å². The fraction of sp³-hybridized carbons (Fsp3) is 0.471. The number of carbonyl (C=O) groups excluding carboxylic acids is 3. The molecule has 26 heavy (non-hydrogen) atoms. The zero-order valence-corrected chi connectivity index (χ0v) is 15.6. The third-order valence-electron chi connectivity index (χ3n) is 4.88. The van der Waals surface area contributed by atoms with Crippen molar-refractivity contribution >= 4 is 52.4 Å². The predicted molar refractivity (Wildman–Crippen MR) is 100 cm³/mol. The second-order valence-electron chi connectivity index (χ2n) is 6.68. The van der Waals surface area contributed by atoms with Crippen LogP contribution in [0.1, 0.15) is 38.5 Å². The van der Waals surface area contributed by atoms with Crippen LogP contribution in [0.2, 0.25) is 10.0 Å².